The second-order valence-electron chi connectivity index (χ2n) is 4.86. The monoisotopic (exact) mass is 1050 g/mol. The number of hydrogen-bond acceptors (Lipinski definition) is 6. The van der Waals surface area contributed by atoms with E-state index in [0.717, 1.165) is 13.0 Å². The molecule has 2 aliphatic rings. The Morgan fingerprint density at radius 1 is 0.938 bits per heavy atom. The molecule has 0 unspecified atom stereocenters. The Morgan fingerprint density at radius 2 is 1.22 bits per heavy atom. The van der Waals surface area contributed by atoms with Gasteiger partial charge in [0.2, 0.25) is 5.91 Å². The second kappa shape index (κ2) is 56.5. The predicted molar refractivity (Wildman–Crippen MR) is 169 cm³/mol. The maximum absolute atomic E-state index is 10.5. The van der Waals surface area contributed by atoms with Gasteiger partial charge in [0.15, 0.2) is 0 Å². The van der Waals surface area contributed by atoms with E-state index >= 15 is 0 Å². The van der Waals surface area contributed by atoms with Crippen LogP contribution in [0, 0.1) is 13.8 Å². The summed E-state index contributed by atoms with van der Waals surface area (Å²) in [7, 11) is 8.59. The number of carbonyl (C=O) groups is 2. The summed E-state index contributed by atoms with van der Waals surface area (Å²) in [5.74, 6) is 4.87. The molecule has 2 rings (SSSR count). The van der Waals surface area contributed by atoms with E-state index in [0.29, 0.717) is 22.3 Å². The maximum Gasteiger partial charge on any atom is 0 e. The zero-order chi connectivity index (χ0) is 23.2. The van der Waals surface area contributed by atoms with Crippen molar-refractivity contribution in [2.45, 2.75) is 59.3 Å². The summed E-state index contributed by atoms with van der Waals surface area (Å²) in [5, 5.41) is 10.4. The first-order valence-corrected chi connectivity index (χ1v) is 23.4. The molecule has 0 atom stereocenters. The first kappa shape index (κ1) is 53.6. The van der Waals surface area contributed by atoms with E-state index in [9.17, 15) is 9.59 Å². The van der Waals surface area contributed by atoms with Gasteiger partial charge in [-0.1, -0.05) is 57.0 Å². The average Bonchev–Trinajstić information content (AvgIpc) is 3.43. The van der Waals surface area contributed by atoms with Gasteiger partial charge < -0.3 is 24.3 Å². The standard InChI is InChI=1S/C6H12NO.C3H6O2.2C3H6S2.C3H7.3HI.V.2Y/c1-3-5-6(8)7-4-2;1-2-3(4)5;2*1-2-4-5-3-1;1-3-2;;;;;;/h1,3-5H2,2H3,(H,7,8);2H2,1H3,(H,4,5);2*1-3H2;1,3H2,2H3;3*1H;;;/q-1;;;;-1;;;;+2;;/p-2. The average molecular weight is 1050 g/mol. The normalized spacial score (nSPS) is 11.8. The molecule has 2 saturated heterocycles. The Hall–Kier alpha value is 5.32. The van der Waals surface area contributed by atoms with Gasteiger partial charge in [-0.15, -0.1) is 24.0 Å². The molecule has 4 nitrogen and oxygen atoms in total. The summed E-state index contributed by atoms with van der Waals surface area (Å²) in [6.07, 6.45) is 5.31. The zero-order valence-electron chi connectivity index (χ0n) is 19.4. The number of carboxylic acid groups (broad SMARTS) is 1. The van der Waals surface area contributed by atoms with Crippen LogP contribution in [0.1, 0.15) is 59.3 Å². The van der Waals surface area contributed by atoms with Crippen LogP contribution in [0.5, 0.6) is 0 Å². The molecule has 0 aromatic carbocycles. The first-order chi connectivity index (χ1) is 13.9. The molecule has 0 aliphatic carbocycles. The zero-order valence-corrected chi connectivity index (χ0v) is 36.3. The third kappa shape index (κ3) is 76.5. The molecule has 1 amide bonds. The largest absolute Gasteiger partial charge is 0 e. The van der Waals surface area contributed by atoms with E-state index in [-0.39, 0.29) is 102 Å². The van der Waals surface area contributed by atoms with Gasteiger partial charge in [-0.2, -0.15) is 12.8 Å². The van der Waals surface area contributed by atoms with Crippen molar-refractivity contribution in [3.05, 3.63) is 13.8 Å². The molecule has 2 aliphatic heterocycles. The molecule has 2 radical (unpaired) electrons. The molecule has 0 spiro atoms. The van der Waals surface area contributed by atoms with Crippen molar-refractivity contribution in [2.24, 2.45) is 0 Å². The van der Waals surface area contributed by atoms with Crippen molar-refractivity contribution in [3.63, 3.8) is 0 Å². The Bertz CT molecular complexity index is 296. The van der Waals surface area contributed by atoms with Gasteiger partial charge in [-0.05, 0) is 26.2 Å². The number of amides is 1. The molecule has 32 heavy (non-hydrogen) atoms. The molecule has 2 fully saturated rings. The predicted octanol–water partition coefficient (Wildman–Crippen LogP) is 8.37. The van der Waals surface area contributed by atoms with Crippen LogP contribution in [-0.4, -0.2) is 46.5 Å². The summed E-state index contributed by atoms with van der Waals surface area (Å²) in [4.78, 5) is 19.9. The minimum Gasteiger partial charge on any atom is 0 e. The van der Waals surface area contributed by atoms with Crippen molar-refractivity contribution >= 4 is 119 Å². The minimum absolute atomic E-state index is 0. The molecule has 0 aromatic heterocycles. The van der Waals surface area contributed by atoms with Gasteiger partial charge >= 0.3 is 55.4 Å². The molecular weight excluding hydrogens is 1020 g/mol. The number of nitrogens with one attached hydrogen (secondary N) is 1. The molecule has 14 heteroatoms. The van der Waals surface area contributed by atoms with E-state index in [1.165, 1.54) is 35.9 Å². The fraction of sp³-hybridized carbons (Fsp3) is 0.778. The molecule has 2 heterocycles. The third-order valence-electron chi connectivity index (χ3n) is 2.16. The van der Waals surface area contributed by atoms with E-state index in [1.54, 1.807) is 6.92 Å². The van der Waals surface area contributed by atoms with E-state index in [2.05, 4.69) is 59.1 Å². The van der Waals surface area contributed by atoms with E-state index < -0.39 is 5.97 Å². The Morgan fingerprint density at radius 3 is 1.34 bits per heavy atom. The summed E-state index contributed by atoms with van der Waals surface area (Å²) in [6.45, 7) is 13.3. The fourth-order valence-electron chi connectivity index (χ4n) is 1.04. The Kier molecular flexibility index (Phi) is 94.5. The maximum atomic E-state index is 10.5. The number of rotatable bonds is 4. The number of aliphatic carboxylic acids is 1. The number of carboxylic acids is 1. The summed E-state index contributed by atoms with van der Waals surface area (Å²) in [6, 6.07) is 0. The van der Waals surface area contributed by atoms with Crippen LogP contribution in [0.3, 0.4) is 0 Å². The first-order valence-electron chi connectivity index (χ1n) is 9.39. The molecule has 0 saturated carbocycles. The Labute approximate surface area is 310 Å². The summed E-state index contributed by atoms with van der Waals surface area (Å²) < 4.78 is 0. The van der Waals surface area contributed by atoms with Crippen LogP contribution >= 0.6 is 107 Å². The van der Waals surface area contributed by atoms with Crippen LogP contribution in [0.2, 0.25) is 0 Å². The molecule has 0 bridgehead atoms. The van der Waals surface area contributed by atoms with Crippen LogP contribution in [-0.2, 0) is 84.5 Å². The molecule has 2 N–H and O–H groups in total. The van der Waals surface area contributed by atoms with Gasteiger partial charge in [0, 0.05) is 101 Å². The van der Waals surface area contributed by atoms with Crippen molar-refractivity contribution in [2.75, 3.05) is 29.6 Å². The number of halogens is 3. The van der Waals surface area contributed by atoms with Gasteiger partial charge in [-0.25, -0.2) is 0 Å². The number of hydrogen-bond donors (Lipinski definition) is 2. The van der Waals surface area contributed by atoms with Crippen LogP contribution in [0.15, 0.2) is 0 Å². The van der Waals surface area contributed by atoms with Crippen molar-refractivity contribution in [3.8, 4) is 0 Å². The minimum atomic E-state index is -0.745. The quantitative estimate of drug-likeness (QED) is 0.167. The van der Waals surface area contributed by atoms with Crippen molar-refractivity contribution in [1.82, 2.24) is 5.32 Å². The van der Waals surface area contributed by atoms with Gasteiger partial charge in [0.05, 0.1) is 0 Å². The molecule has 191 valence electrons. The van der Waals surface area contributed by atoms with Gasteiger partial charge in [0.25, 0.3) is 0 Å². The van der Waals surface area contributed by atoms with Crippen LogP contribution in [0.4, 0.5) is 0 Å². The van der Waals surface area contributed by atoms with Gasteiger partial charge in [0.1, 0.15) is 0 Å². The summed E-state index contributed by atoms with van der Waals surface area (Å²) in [5.41, 5.74) is 0. The summed E-state index contributed by atoms with van der Waals surface area (Å²) >= 11 is 4.74. The Balaban J connectivity index is -0.0000000474. The van der Waals surface area contributed by atoms with Crippen molar-refractivity contribution < 1.29 is 89.6 Å². The third-order valence-corrected chi connectivity index (χ3v) is 7.31. The molecular formula is C18H38I3NO3S4VY2-2. The fourth-order valence-corrected chi connectivity index (χ4v) is 5.75. The van der Waals surface area contributed by atoms with Crippen LogP contribution in [0.25, 0.3) is 0 Å². The topological polar surface area (TPSA) is 66.4 Å². The van der Waals surface area contributed by atoms with E-state index in [4.69, 9.17) is 5.11 Å². The second-order valence-corrected chi connectivity index (χ2v) is 22.1. The van der Waals surface area contributed by atoms with E-state index in [1.807, 2.05) is 57.0 Å². The molecule has 0 aromatic rings. The van der Waals surface area contributed by atoms with Crippen LogP contribution < -0.4 is 5.32 Å². The number of carbonyl (C=O) groups excluding carboxylic acids is 1. The van der Waals surface area contributed by atoms with Crippen molar-refractivity contribution in [1.29, 1.82) is 0 Å². The smallest absolute Gasteiger partial charge is 0 e. The van der Waals surface area contributed by atoms with Gasteiger partial charge in [-0.3, -0.25) is 9.59 Å². The SMILES string of the molecule is C1CSSC1.C1CSSC1.CCC(=O)O.I.[CH2-]CC.[CH2-]CCC(=O)NCC.[I][V][I].[Y].[Y].